The van der Waals surface area contributed by atoms with Crippen molar-refractivity contribution in [2.75, 3.05) is 0 Å². The molecule has 1 aromatic rings. The zero-order chi connectivity index (χ0) is 20.2. The van der Waals surface area contributed by atoms with E-state index in [0.29, 0.717) is 5.92 Å². The molecule has 1 heterocycles. The van der Waals surface area contributed by atoms with Crippen molar-refractivity contribution in [1.82, 2.24) is 10.3 Å². The largest absolute Gasteiger partial charge is 0.465 e. The molecule has 1 amide bonds. The fraction of sp³-hybridized carbons (Fsp3) is 0.600. The molecular formula is C25H32N2O2. The van der Waals surface area contributed by atoms with Gasteiger partial charge in [-0.3, -0.25) is 4.98 Å². The molecule has 0 unspecified atom stereocenters. The predicted molar refractivity (Wildman–Crippen MR) is 114 cm³/mol. The predicted octanol–water partition coefficient (Wildman–Crippen LogP) is 5.67. The second-order valence-corrected chi connectivity index (χ2v) is 10.2. The number of hydrogen-bond acceptors (Lipinski definition) is 2. The Morgan fingerprint density at radius 2 is 1.97 bits per heavy atom. The van der Waals surface area contributed by atoms with E-state index in [1.54, 1.807) is 0 Å². The lowest BCUT2D eigenvalue weighted by Crippen LogP contribution is -2.51. The Balaban J connectivity index is 1.41. The summed E-state index contributed by atoms with van der Waals surface area (Å²) in [5, 5.41) is 11.9. The highest BCUT2D eigenvalue weighted by molar-refractivity contribution is 5.72. The van der Waals surface area contributed by atoms with Crippen LogP contribution in [-0.4, -0.2) is 22.2 Å². The van der Waals surface area contributed by atoms with E-state index in [2.05, 4.69) is 48.4 Å². The van der Waals surface area contributed by atoms with Crippen molar-refractivity contribution in [1.29, 1.82) is 0 Å². The van der Waals surface area contributed by atoms with Crippen LogP contribution in [0.4, 0.5) is 4.79 Å². The molecule has 0 radical (unpaired) electrons. The normalized spacial score (nSPS) is 40.8. The maximum atomic E-state index is 11.1. The van der Waals surface area contributed by atoms with Gasteiger partial charge in [0, 0.05) is 18.4 Å². The number of aromatic nitrogens is 1. The highest BCUT2D eigenvalue weighted by atomic mass is 16.4. The SMILES string of the molecule is C[C@]12CC[C@H](NC(=O)O)CC1=CC[C@@H]1[C@@H]2CC[C@]2(C)C(c3cccnc3)=CC[C@@H]12. The van der Waals surface area contributed by atoms with Gasteiger partial charge in [0.15, 0.2) is 0 Å². The van der Waals surface area contributed by atoms with Crippen LogP contribution in [0.5, 0.6) is 0 Å². The third-order valence-corrected chi connectivity index (χ3v) is 8.98. The van der Waals surface area contributed by atoms with Gasteiger partial charge in [-0.25, -0.2) is 4.79 Å². The van der Waals surface area contributed by atoms with Crippen molar-refractivity contribution >= 4 is 11.7 Å². The summed E-state index contributed by atoms with van der Waals surface area (Å²) in [7, 11) is 0. The molecule has 154 valence electrons. The standard InChI is InChI=1S/C25H32N2O2/c1-24-11-9-18(27-23(28)29)14-17(24)5-6-19-21-8-7-20(16-4-3-13-26-15-16)25(21,2)12-10-22(19)24/h3-5,7,13,15,18-19,21-22,27H,6,8-12,14H2,1-2H3,(H,28,29)/t18-,19-,21-,22-,24-,25+/m0/s1. The van der Waals surface area contributed by atoms with E-state index >= 15 is 0 Å². The molecule has 0 aromatic carbocycles. The van der Waals surface area contributed by atoms with Gasteiger partial charge in [-0.1, -0.05) is 37.6 Å². The van der Waals surface area contributed by atoms with Gasteiger partial charge in [0.25, 0.3) is 0 Å². The number of carboxylic acid groups (broad SMARTS) is 1. The number of rotatable bonds is 2. The molecule has 0 saturated heterocycles. The van der Waals surface area contributed by atoms with Gasteiger partial charge in [-0.15, -0.1) is 0 Å². The van der Waals surface area contributed by atoms with Gasteiger partial charge < -0.3 is 10.4 Å². The molecule has 2 saturated carbocycles. The van der Waals surface area contributed by atoms with Crippen LogP contribution in [-0.2, 0) is 0 Å². The third-order valence-electron chi connectivity index (χ3n) is 8.98. The van der Waals surface area contributed by atoms with Crippen molar-refractivity contribution in [2.24, 2.45) is 28.6 Å². The first-order chi connectivity index (χ1) is 13.9. The van der Waals surface area contributed by atoms with Gasteiger partial charge in [0.05, 0.1) is 0 Å². The topological polar surface area (TPSA) is 62.2 Å². The van der Waals surface area contributed by atoms with Crippen molar-refractivity contribution < 1.29 is 9.90 Å². The molecule has 2 fully saturated rings. The summed E-state index contributed by atoms with van der Waals surface area (Å²) >= 11 is 0. The van der Waals surface area contributed by atoms with Crippen molar-refractivity contribution in [2.45, 2.75) is 64.8 Å². The summed E-state index contributed by atoms with van der Waals surface area (Å²) in [6, 6.07) is 4.36. The number of amides is 1. The van der Waals surface area contributed by atoms with Crippen LogP contribution in [0.1, 0.15) is 64.4 Å². The maximum Gasteiger partial charge on any atom is 0.404 e. The first-order valence-electron chi connectivity index (χ1n) is 11.2. The highest BCUT2D eigenvalue weighted by Crippen LogP contribution is 2.66. The second-order valence-electron chi connectivity index (χ2n) is 10.2. The molecule has 4 aliphatic carbocycles. The quantitative estimate of drug-likeness (QED) is 0.637. The highest BCUT2D eigenvalue weighted by Gasteiger charge is 2.56. The number of nitrogens with zero attached hydrogens (tertiary/aromatic N) is 1. The van der Waals surface area contributed by atoms with Crippen LogP contribution >= 0.6 is 0 Å². The average Bonchev–Trinajstić information content (AvgIpc) is 3.06. The van der Waals surface area contributed by atoms with Gasteiger partial charge in [0.2, 0.25) is 0 Å². The number of allylic oxidation sites excluding steroid dienone is 3. The fourth-order valence-electron chi connectivity index (χ4n) is 7.50. The molecule has 0 aliphatic heterocycles. The molecular weight excluding hydrogens is 360 g/mol. The Morgan fingerprint density at radius 1 is 1.14 bits per heavy atom. The third kappa shape index (κ3) is 2.86. The Kier molecular flexibility index (Phi) is 4.38. The van der Waals surface area contributed by atoms with E-state index in [0.717, 1.165) is 37.5 Å². The van der Waals surface area contributed by atoms with Crippen LogP contribution in [0.25, 0.3) is 5.57 Å². The molecule has 4 aliphatic rings. The van der Waals surface area contributed by atoms with Crippen LogP contribution in [0.3, 0.4) is 0 Å². The lowest BCUT2D eigenvalue weighted by Gasteiger charge is -2.58. The van der Waals surface area contributed by atoms with Gasteiger partial charge >= 0.3 is 6.09 Å². The first kappa shape index (κ1) is 18.9. The first-order valence-corrected chi connectivity index (χ1v) is 11.2. The molecule has 4 nitrogen and oxygen atoms in total. The smallest absolute Gasteiger partial charge is 0.404 e. The molecule has 0 bridgehead atoms. The summed E-state index contributed by atoms with van der Waals surface area (Å²) < 4.78 is 0. The maximum absolute atomic E-state index is 11.1. The number of nitrogens with one attached hydrogen (secondary N) is 1. The zero-order valence-electron chi connectivity index (χ0n) is 17.5. The van der Waals surface area contributed by atoms with Crippen LogP contribution in [0.2, 0.25) is 0 Å². The molecule has 6 atom stereocenters. The van der Waals surface area contributed by atoms with E-state index in [9.17, 15) is 4.79 Å². The van der Waals surface area contributed by atoms with E-state index in [4.69, 9.17) is 5.11 Å². The van der Waals surface area contributed by atoms with Crippen LogP contribution < -0.4 is 5.32 Å². The van der Waals surface area contributed by atoms with Crippen molar-refractivity contribution in [3.05, 3.63) is 47.8 Å². The molecule has 5 rings (SSSR count). The molecule has 2 N–H and O–H groups in total. The zero-order valence-corrected chi connectivity index (χ0v) is 17.5. The Hall–Kier alpha value is -2.10. The molecule has 29 heavy (non-hydrogen) atoms. The Bertz CT molecular complexity index is 876. The Morgan fingerprint density at radius 3 is 2.72 bits per heavy atom. The summed E-state index contributed by atoms with van der Waals surface area (Å²) in [5.74, 6) is 2.17. The lowest BCUT2D eigenvalue weighted by molar-refractivity contribution is -0.0123. The molecule has 1 aromatic heterocycles. The minimum atomic E-state index is -0.888. The van der Waals surface area contributed by atoms with Gasteiger partial charge in [-0.05, 0) is 90.7 Å². The molecule has 0 spiro atoms. The van der Waals surface area contributed by atoms with Crippen LogP contribution in [0, 0.1) is 28.6 Å². The van der Waals surface area contributed by atoms with E-state index in [1.165, 1.54) is 36.0 Å². The number of carbonyl (C=O) groups is 1. The number of pyridine rings is 1. The van der Waals surface area contributed by atoms with Crippen LogP contribution in [0.15, 0.2) is 42.3 Å². The number of hydrogen-bond donors (Lipinski definition) is 2. The van der Waals surface area contributed by atoms with Crippen molar-refractivity contribution in [3.63, 3.8) is 0 Å². The lowest BCUT2D eigenvalue weighted by atomic mass is 9.47. The summed E-state index contributed by atoms with van der Waals surface area (Å²) in [6.45, 7) is 4.97. The van der Waals surface area contributed by atoms with Crippen molar-refractivity contribution in [3.8, 4) is 0 Å². The average molecular weight is 393 g/mol. The van der Waals surface area contributed by atoms with Gasteiger partial charge in [-0.2, -0.15) is 0 Å². The van der Waals surface area contributed by atoms with E-state index in [-0.39, 0.29) is 16.9 Å². The minimum Gasteiger partial charge on any atom is -0.465 e. The van der Waals surface area contributed by atoms with E-state index < -0.39 is 6.09 Å². The van der Waals surface area contributed by atoms with Gasteiger partial charge in [0.1, 0.15) is 0 Å². The summed E-state index contributed by atoms with van der Waals surface area (Å²) in [6.07, 6.45) is 15.8. The van der Waals surface area contributed by atoms with E-state index in [1.807, 2.05) is 12.4 Å². The summed E-state index contributed by atoms with van der Waals surface area (Å²) in [5.41, 5.74) is 4.84. The number of fused-ring (bicyclic) bond motifs is 5. The summed E-state index contributed by atoms with van der Waals surface area (Å²) in [4.78, 5) is 15.5. The second kappa shape index (κ2) is 6.72. The fourth-order valence-corrected chi connectivity index (χ4v) is 7.50. The molecule has 4 heteroatoms. The minimum absolute atomic E-state index is 0.0857. The monoisotopic (exact) mass is 392 g/mol. The Labute approximate surface area is 173 Å².